The molecule has 0 fully saturated rings. The highest BCUT2D eigenvalue weighted by Gasteiger charge is 2.31. The van der Waals surface area contributed by atoms with E-state index in [1.54, 1.807) is 0 Å². The SMILES string of the molecule is CCCCCCC(=O)OC.FC(F)(F)CPCC(F)(F)F. The number of methoxy groups -OCH3 is 1. The summed E-state index contributed by atoms with van der Waals surface area (Å²) in [6, 6.07) is 0. The lowest BCUT2D eigenvalue weighted by molar-refractivity contribution is -0.140. The van der Waals surface area contributed by atoms with Crippen molar-refractivity contribution in [2.75, 3.05) is 19.4 Å². The Kier molecular flexibility index (Phi) is 13.1. The fourth-order valence-corrected chi connectivity index (χ4v) is 1.84. The highest BCUT2D eigenvalue weighted by Crippen LogP contribution is 2.30. The van der Waals surface area contributed by atoms with E-state index in [9.17, 15) is 31.1 Å². The number of alkyl halides is 6. The lowest BCUT2D eigenvalue weighted by atomic mass is 10.2. The van der Waals surface area contributed by atoms with Gasteiger partial charge in [-0.1, -0.05) is 26.2 Å². The molecule has 0 radical (unpaired) electrons. The van der Waals surface area contributed by atoms with Gasteiger partial charge < -0.3 is 4.74 Å². The van der Waals surface area contributed by atoms with Gasteiger partial charge >= 0.3 is 18.3 Å². The maximum absolute atomic E-state index is 11.3. The molecule has 0 saturated heterocycles. The summed E-state index contributed by atoms with van der Waals surface area (Å²) in [5.74, 6) is -0.0869. The van der Waals surface area contributed by atoms with E-state index in [0.29, 0.717) is 6.42 Å². The Labute approximate surface area is 122 Å². The molecule has 21 heavy (non-hydrogen) atoms. The van der Waals surface area contributed by atoms with Crippen molar-refractivity contribution in [1.29, 1.82) is 0 Å². The topological polar surface area (TPSA) is 26.3 Å². The smallest absolute Gasteiger partial charge is 0.392 e. The minimum atomic E-state index is -4.47. The second-order valence-electron chi connectivity index (χ2n) is 4.22. The fourth-order valence-electron chi connectivity index (χ4n) is 1.14. The largest absolute Gasteiger partial charge is 0.469 e. The van der Waals surface area contributed by atoms with Crippen molar-refractivity contribution < 1.29 is 35.9 Å². The minimum Gasteiger partial charge on any atom is -0.469 e. The molecule has 0 aliphatic carbocycles. The van der Waals surface area contributed by atoms with Crippen LogP contribution in [-0.4, -0.2) is 37.8 Å². The lowest BCUT2D eigenvalue weighted by Crippen LogP contribution is -2.15. The van der Waals surface area contributed by atoms with Crippen LogP contribution in [-0.2, 0) is 9.53 Å². The summed E-state index contributed by atoms with van der Waals surface area (Å²) in [4.78, 5) is 10.6. The summed E-state index contributed by atoms with van der Waals surface area (Å²) >= 11 is 0. The van der Waals surface area contributed by atoms with Crippen LogP contribution >= 0.6 is 8.58 Å². The van der Waals surface area contributed by atoms with E-state index < -0.39 is 33.3 Å². The summed E-state index contributed by atoms with van der Waals surface area (Å²) in [5.41, 5.74) is 0. The van der Waals surface area contributed by atoms with Crippen LogP contribution in [0.4, 0.5) is 26.3 Å². The second kappa shape index (κ2) is 12.1. The first-order valence-corrected chi connectivity index (χ1v) is 7.84. The Morgan fingerprint density at radius 1 is 0.952 bits per heavy atom. The van der Waals surface area contributed by atoms with E-state index in [2.05, 4.69) is 11.7 Å². The Morgan fingerprint density at radius 2 is 1.43 bits per heavy atom. The number of hydrogen-bond donors (Lipinski definition) is 0. The number of ether oxygens (including phenoxy) is 1. The van der Waals surface area contributed by atoms with Crippen molar-refractivity contribution >= 4 is 14.6 Å². The quantitative estimate of drug-likeness (QED) is 0.284. The Hall–Kier alpha value is -0.520. The summed E-state index contributed by atoms with van der Waals surface area (Å²) in [7, 11) is 0.318. The summed E-state index contributed by atoms with van der Waals surface area (Å²) < 4.78 is 72.1. The van der Waals surface area contributed by atoms with Crippen molar-refractivity contribution in [1.82, 2.24) is 0 Å². The first-order chi connectivity index (χ1) is 9.52. The number of carbonyl (C=O) groups is 1. The van der Waals surface area contributed by atoms with Gasteiger partial charge in [-0.2, -0.15) is 26.3 Å². The number of carbonyl (C=O) groups excluding carboxylic acids is 1. The normalized spacial score (nSPS) is 11.6. The maximum atomic E-state index is 11.3. The third kappa shape index (κ3) is 24.8. The van der Waals surface area contributed by atoms with Crippen molar-refractivity contribution in [3.63, 3.8) is 0 Å². The van der Waals surface area contributed by atoms with E-state index in [1.807, 2.05) is 0 Å². The third-order valence-electron chi connectivity index (χ3n) is 2.11. The van der Waals surface area contributed by atoms with Crippen molar-refractivity contribution in [2.24, 2.45) is 0 Å². The van der Waals surface area contributed by atoms with Gasteiger partial charge in [0.1, 0.15) is 0 Å². The molecule has 0 aliphatic rings. The van der Waals surface area contributed by atoms with Gasteiger partial charge in [-0.15, -0.1) is 8.58 Å². The average Bonchev–Trinajstić information content (AvgIpc) is 2.32. The second-order valence-corrected chi connectivity index (χ2v) is 5.43. The molecule has 0 aromatic heterocycles. The summed E-state index contributed by atoms with van der Waals surface area (Å²) in [6.45, 7) is 2.15. The first-order valence-electron chi connectivity index (χ1n) is 6.43. The molecule has 128 valence electrons. The molecule has 0 amide bonds. The van der Waals surface area contributed by atoms with Gasteiger partial charge in [-0.3, -0.25) is 4.79 Å². The molecule has 0 spiro atoms. The number of rotatable bonds is 7. The van der Waals surface area contributed by atoms with Crippen LogP contribution in [0.5, 0.6) is 0 Å². The predicted molar refractivity (Wildman–Crippen MR) is 70.9 cm³/mol. The van der Waals surface area contributed by atoms with Crippen LogP contribution in [0.25, 0.3) is 0 Å². The Morgan fingerprint density at radius 3 is 1.76 bits per heavy atom. The Balaban J connectivity index is 0. The van der Waals surface area contributed by atoms with Gasteiger partial charge in [0.2, 0.25) is 0 Å². The molecular formula is C12H21F6O2P. The number of hydrogen-bond acceptors (Lipinski definition) is 2. The molecule has 9 heteroatoms. The molecule has 0 bridgehead atoms. The van der Waals surface area contributed by atoms with E-state index in [-0.39, 0.29) is 5.97 Å². The first kappa shape index (κ1) is 22.8. The molecule has 0 aromatic rings. The molecule has 0 heterocycles. The van der Waals surface area contributed by atoms with Gasteiger partial charge in [0.15, 0.2) is 0 Å². The highest BCUT2D eigenvalue weighted by atomic mass is 31.1. The fraction of sp³-hybridized carbons (Fsp3) is 0.917. The van der Waals surface area contributed by atoms with Crippen LogP contribution in [0.1, 0.15) is 39.0 Å². The van der Waals surface area contributed by atoms with Crippen molar-refractivity contribution in [3.8, 4) is 0 Å². The standard InChI is InChI=1S/C8H16O2.C4H5F6P/c1-3-4-5-6-7-8(9)10-2;5-3(6,7)1-11-2-4(8,9)10/h3-7H2,1-2H3;11H,1-2H2. The van der Waals surface area contributed by atoms with Gasteiger partial charge in [-0.25, -0.2) is 0 Å². The van der Waals surface area contributed by atoms with Crippen molar-refractivity contribution in [3.05, 3.63) is 0 Å². The number of esters is 1. The number of unbranched alkanes of at least 4 members (excludes halogenated alkanes) is 3. The maximum Gasteiger partial charge on any atom is 0.392 e. The zero-order valence-electron chi connectivity index (χ0n) is 12.0. The van der Waals surface area contributed by atoms with E-state index in [0.717, 1.165) is 12.8 Å². The monoisotopic (exact) mass is 342 g/mol. The zero-order valence-corrected chi connectivity index (χ0v) is 13.0. The molecule has 0 saturated carbocycles. The van der Waals surface area contributed by atoms with Crippen LogP contribution < -0.4 is 0 Å². The van der Waals surface area contributed by atoms with Gasteiger partial charge in [0.05, 0.1) is 19.4 Å². The van der Waals surface area contributed by atoms with Gasteiger partial charge in [0.25, 0.3) is 0 Å². The summed E-state index contributed by atoms with van der Waals surface area (Å²) in [5, 5.41) is 0. The Bertz CT molecular complexity index is 251. The molecule has 0 N–H and O–H groups in total. The van der Waals surface area contributed by atoms with Crippen LogP contribution in [0.3, 0.4) is 0 Å². The van der Waals surface area contributed by atoms with Crippen LogP contribution in [0.15, 0.2) is 0 Å². The van der Waals surface area contributed by atoms with E-state index in [1.165, 1.54) is 20.0 Å². The molecular weight excluding hydrogens is 321 g/mol. The molecule has 0 rings (SSSR count). The third-order valence-corrected chi connectivity index (χ3v) is 3.41. The molecule has 0 atom stereocenters. The zero-order chi connectivity index (χ0) is 16.9. The van der Waals surface area contributed by atoms with Gasteiger partial charge in [0, 0.05) is 6.42 Å². The number of halogens is 6. The summed E-state index contributed by atoms with van der Waals surface area (Å²) in [6.07, 6.45) is -6.49. The minimum absolute atomic E-state index is 0.0869. The predicted octanol–water partition coefficient (Wildman–Crippen LogP) is 4.92. The van der Waals surface area contributed by atoms with E-state index >= 15 is 0 Å². The highest BCUT2D eigenvalue weighted by molar-refractivity contribution is 7.38. The lowest BCUT2D eigenvalue weighted by Gasteiger charge is -2.07. The van der Waals surface area contributed by atoms with Crippen LogP contribution in [0, 0.1) is 0 Å². The molecule has 0 aliphatic heterocycles. The molecule has 0 aromatic carbocycles. The molecule has 2 nitrogen and oxygen atoms in total. The van der Waals surface area contributed by atoms with Gasteiger partial charge in [-0.05, 0) is 6.42 Å². The van der Waals surface area contributed by atoms with Crippen molar-refractivity contribution in [2.45, 2.75) is 51.4 Å². The molecule has 0 unspecified atom stereocenters. The average molecular weight is 342 g/mol. The van der Waals surface area contributed by atoms with Crippen LogP contribution in [0.2, 0.25) is 0 Å². The van der Waals surface area contributed by atoms with E-state index in [4.69, 9.17) is 0 Å².